The highest BCUT2D eigenvalue weighted by atomic mass is 16.6. The van der Waals surface area contributed by atoms with Gasteiger partial charge in [-0.2, -0.15) is 0 Å². The predicted molar refractivity (Wildman–Crippen MR) is 85.1 cm³/mol. The van der Waals surface area contributed by atoms with Crippen molar-refractivity contribution in [2.75, 3.05) is 32.8 Å². The van der Waals surface area contributed by atoms with Gasteiger partial charge in [0.1, 0.15) is 12.1 Å². The van der Waals surface area contributed by atoms with Crippen molar-refractivity contribution in [3.63, 3.8) is 0 Å². The van der Waals surface area contributed by atoms with E-state index in [0.29, 0.717) is 26.1 Å². The van der Waals surface area contributed by atoms with Gasteiger partial charge in [0, 0.05) is 26.1 Å². The van der Waals surface area contributed by atoms with Gasteiger partial charge in [-0.3, -0.25) is 9.69 Å². The molecule has 0 saturated carbocycles. The topological polar surface area (TPSA) is 105 Å². The molecular weight excluding hydrogens is 312 g/mol. The number of carbonyl (C=O) groups excluding carboxylic acids is 3. The monoisotopic (exact) mass is 332 g/mol. The van der Waals surface area contributed by atoms with E-state index in [1.165, 1.54) is 0 Å². The van der Waals surface area contributed by atoms with E-state index in [4.69, 9.17) is 10.5 Å². The number of primary amides is 1. The summed E-state index contributed by atoms with van der Waals surface area (Å²) in [6.07, 6.45) is 0.264. The van der Waals surface area contributed by atoms with E-state index in [1.54, 1.807) is 9.80 Å². The molecule has 1 aromatic rings. The molecule has 128 valence electrons. The minimum absolute atomic E-state index is 0.147. The van der Waals surface area contributed by atoms with Crippen LogP contribution in [-0.4, -0.2) is 66.2 Å². The van der Waals surface area contributed by atoms with Gasteiger partial charge >= 0.3 is 12.1 Å². The molecule has 8 nitrogen and oxygen atoms in total. The first-order valence-corrected chi connectivity index (χ1v) is 7.80. The smallest absolute Gasteiger partial charge is 0.410 e. The molecule has 2 aliphatic heterocycles. The third-order valence-corrected chi connectivity index (χ3v) is 4.48. The lowest BCUT2D eigenvalue weighted by molar-refractivity contribution is -0.134. The average molecular weight is 332 g/mol. The van der Waals surface area contributed by atoms with Crippen LogP contribution < -0.4 is 11.1 Å². The predicted octanol–water partition coefficient (Wildman–Crippen LogP) is -0.0694. The third-order valence-electron chi connectivity index (χ3n) is 4.48. The zero-order valence-corrected chi connectivity index (χ0v) is 13.2. The number of benzene rings is 1. The van der Waals surface area contributed by atoms with Crippen LogP contribution in [0.25, 0.3) is 0 Å². The second-order valence-corrected chi connectivity index (χ2v) is 6.13. The second-order valence-electron chi connectivity index (χ2n) is 6.13. The van der Waals surface area contributed by atoms with E-state index >= 15 is 0 Å². The molecule has 2 aliphatic rings. The van der Waals surface area contributed by atoms with E-state index < -0.39 is 11.6 Å². The van der Waals surface area contributed by atoms with E-state index in [1.807, 2.05) is 30.3 Å². The van der Waals surface area contributed by atoms with Crippen LogP contribution in [-0.2, 0) is 16.0 Å². The van der Waals surface area contributed by atoms with Gasteiger partial charge in [0.15, 0.2) is 0 Å². The fourth-order valence-corrected chi connectivity index (χ4v) is 3.33. The second kappa shape index (κ2) is 6.38. The Morgan fingerprint density at radius 3 is 2.71 bits per heavy atom. The van der Waals surface area contributed by atoms with Crippen LogP contribution in [0.5, 0.6) is 0 Å². The van der Waals surface area contributed by atoms with Crippen molar-refractivity contribution in [2.24, 2.45) is 5.73 Å². The number of ether oxygens (including phenoxy) is 1. The Labute approximate surface area is 139 Å². The molecule has 24 heavy (non-hydrogen) atoms. The Balaban J connectivity index is 1.76. The van der Waals surface area contributed by atoms with E-state index in [-0.39, 0.29) is 25.2 Å². The summed E-state index contributed by atoms with van der Waals surface area (Å²) >= 11 is 0. The molecule has 3 rings (SSSR count). The number of rotatable bonds is 4. The molecule has 0 spiro atoms. The standard InChI is InChI=1S/C16H20N4O4/c17-14(22)18-9-13(21)19-6-7-20-15(23)24-11-16(20,10-19)8-12-4-2-1-3-5-12/h1-5H,6-11H2,(H3,17,18,22). The van der Waals surface area contributed by atoms with E-state index in [9.17, 15) is 14.4 Å². The van der Waals surface area contributed by atoms with Gasteiger partial charge in [-0.15, -0.1) is 0 Å². The highest BCUT2D eigenvalue weighted by Crippen LogP contribution is 2.32. The SMILES string of the molecule is NC(=O)NCC(=O)N1CCN2C(=O)OCC2(Cc2ccccc2)C1. The van der Waals surface area contributed by atoms with Crippen LogP contribution in [0.3, 0.4) is 0 Å². The Morgan fingerprint density at radius 1 is 1.25 bits per heavy atom. The first-order chi connectivity index (χ1) is 11.5. The summed E-state index contributed by atoms with van der Waals surface area (Å²) in [5, 5.41) is 2.31. The number of piperazine rings is 1. The largest absolute Gasteiger partial charge is 0.447 e. The zero-order valence-electron chi connectivity index (χ0n) is 13.2. The zero-order chi connectivity index (χ0) is 17.2. The van der Waals surface area contributed by atoms with Crippen LogP contribution in [0.2, 0.25) is 0 Å². The maximum Gasteiger partial charge on any atom is 0.410 e. The summed E-state index contributed by atoms with van der Waals surface area (Å²) in [6, 6.07) is 9.06. The normalized spacial score (nSPS) is 22.8. The Kier molecular flexibility index (Phi) is 4.28. The molecule has 2 fully saturated rings. The number of nitrogens with one attached hydrogen (secondary N) is 1. The Hall–Kier alpha value is -2.77. The maximum atomic E-state index is 12.3. The fourth-order valence-electron chi connectivity index (χ4n) is 3.33. The highest BCUT2D eigenvalue weighted by Gasteiger charge is 2.51. The summed E-state index contributed by atoms with van der Waals surface area (Å²) in [4.78, 5) is 38.4. The van der Waals surface area contributed by atoms with Gasteiger partial charge in [0.05, 0.1) is 6.54 Å². The number of carbonyl (C=O) groups is 3. The van der Waals surface area contributed by atoms with E-state index in [0.717, 1.165) is 5.56 Å². The van der Waals surface area contributed by atoms with Crippen molar-refractivity contribution in [3.8, 4) is 0 Å². The number of fused-ring (bicyclic) bond motifs is 1. The number of nitrogens with two attached hydrogens (primary N) is 1. The van der Waals surface area contributed by atoms with Gasteiger partial charge in [0.25, 0.3) is 0 Å². The average Bonchev–Trinajstić information content (AvgIpc) is 2.89. The number of hydrogen-bond acceptors (Lipinski definition) is 4. The molecule has 3 N–H and O–H groups in total. The van der Waals surface area contributed by atoms with Crippen molar-refractivity contribution in [1.82, 2.24) is 15.1 Å². The fraction of sp³-hybridized carbons (Fsp3) is 0.438. The van der Waals surface area contributed by atoms with Gasteiger partial charge < -0.3 is 20.7 Å². The van der Waals surface area contributed by atoms with Crippen molar-refractivity contribution < 1.29 is 19.1 Å². The highest BCUT2D eigenvalue weighted by molar-refractivity contribution is 5.84. The van der Waals surface area contributed by atoms with Crippen molar-refractivity contribution in [2.45, 2.75) is 12.0 Å². The lowest BCUT2D eigenvalue weighted by Crippen LogP contribution is -2.64. The Bertz CT molecular complexity index is 651. The molecule has 0 aromatic heterocycles. The van der Waals surface area contributed by atoms with Gasteiger partial charge in [-0.05, 0) is 5.56 Å². The Morgan fingerprint density at radius 2 is 2.00 bits per heavy atom. The summed E-state index contributed by atoms with van der Waals surface area (Å²) < 4.78 is 5.26. The first-order valence-electron chi connectivity index (χ1n) is 7.80. The van der Waals surface area contributed by atoms with Crippen molar-refractivity contribution >= 4 is 18.0 Å². The van der Waals surface area contributed by atoms with E-state index in [2.05, 4.69) is 5.32 Å². The lowest BCUT2D eigenvalue weighted by atomic mass is 9.88. The quantitative estimate of drug-likeness (QED) is 0.805. The summed E-state index contributed by atoms with van der Waals surface area (Å²) in [5.41, 5.74) is 5.51. The lowest BCUT2D eigenvalue weighted by Gasteiger charge is -2.44. The number of urea groups is 1. The first kappa shape index (κ1) is 16.1. The molecule has 1 aromatic carbocycles. The molecule has 0 aliphatic carbocycles. The molecule has 1 atom stereocenters. The molecule has 2 heterocycles. The number of nitrogens with zero attached hydrogens (tertiary/aromatic N) is 2. The van der Waals surface area contributed by atoms with Crippen LogP contribution in [0.4, 0.5) is 9.59 Å². The minimum atomic E-state index is -0.736. The molecule has 1 unspecified atom stereocenters. The number of hydrogen-bond donors (Lipinski definition) is 2. The van der Waals surface area contributed by atoms with Crippen molar-refractivity contribution in [1.29, 1.82) is 0 Å². The van der Waals surface area contributed by atoms with Gasteiger partial charge in [-0.25, -0.2) is 9.59 Å². The van der Waals surface area contributed by atoms with Crippen LogP contribution in [0, 0.1) is 0 Å². The third kappa shape index (κ3) is 3.12. The molecule has 0 radical (unpaired) electrons. The van der Waals surface area contributed by atoms with Gasteiger partial charge in [0.2, 0.25) is 5.91 Å². The molecule has 8 heteroatoms. The molecule has 4 amide bonds. The van der Waals surface area contributed by atoms with Crippen LogP contribution >= 0.6 is 0 Å². The number of cyclic esters (lactones) is 1. The van der Waals surface area contributed by atoms with Crippen molar-refractivity contribution in [3.05, 3.63) is 35.9 Å². The summed E-state index contributed by atoms with van der Waals surface area (Å²) in [7, 11) is 0. The van der Waals surface area contributed by atoms with Crippen LogP contribution in [0.1, 0.15) is 5.56 Å². The minimum Gasteiger partial charge on any atom is -0.447 e. The molecule has 2 saturated heterocycles. The van der Waals surface area contributed by atoms with Gasteiger partial charge in [-0.1, -0.05) is 30.3 Å². The summed E-state index contributed by atoms with van der Waals surface area (Å²) in [6.45, 7) is 1.28. The van der Waals surface area contributed by atoms with Crippen LogP contribution in [0.15, 0.2) is 30.3 Å². The summed E-state index contributed by atoms with van der Waals surface area (Å²) in [5.74, 6) is -0.222. The maximum absolute atomic E-state index is 12.3. The molecular formula is C16H20N4O4. The molecule has 0 bridgehead atoms. The number of amides is 4.